The summed E-state index contributed by atoms with van der Waals surface area (Å²) in [6, 6.07) is 6.67. The Morgan fingerprint density at radius 1 is 1.47 bits per heavy atom. The molecule has 0 bridgehead atoms. The normalized spacial score (nSPS) is 19.5. The molecule has 0 amide bonds. The molecule has 1 atom stereocenters. The molecule has 2 rings (SSSR count). The SMILES string of the molecule is CC(N)Cc1ccc2c(c1)OC(C)(C)C2. The van der Waals surface area contributed by atoms with Crippen molar-refractivity contribution >= 4 is 0 Å². The maximum absolute atomic E-state index is 5.88. The van der Waals surface area contributed by atoms with Crippen LogP contribution in [0.1, 0.15) is 31.9 Å². The van der Waals surface area contributed by atoms with Gasteiger partial charge in [-0.15, -0.1) is 0 Å². The predicted molar refractivity (Wildman–Crippen MR) is 62.2 cm³/mol. The van der Waals surface area contributed by atoms with Crippen LogP contribution in [0.25, 0.3) is 0 Å². The number of nitrogens with two attached hydrogens (primary N) is 1. The molecule has 0 fully saturated rings. The van der Waals surface area contributed by atoms with Crippen LogP contribution in [0.2, 0.25) is 0 Å². The van der Waals surface area contributed by atoms with Crippen LogP contribution in [-0.4, -0.2) is 11.6 Å². The van der Waals surface area contributed by atoms with Crippen molar-refractivity contribution in [1.82, 2.24) is 0 Å². The van der Waals surface area contributed by atoms with E-state index in [1.54, 1.807) is 0 Å². The molecular formula is C13H19NO. The van der Waals surface area contributed by atoms with E-state index < -0.39 is 0 Å². The van der Waals surface area contributed by atoms with Crippen molar-refractivity contribution in [2.24, 2.45) is 5.73 Å². The fourth-order valence-corrected chi connectivity index (χ4v) is 2.13. The minimum Gasteiger partial charge on any atom is -0.487 e. The summed E-state index contributed by atoms with van der Waals surface area (Å²) in [4.78, 5) is 0. The van der Waals surface area contributed by atoms with Gasteiger partial charge in [-0.3, -0.25) is 0 Å². The van der Waals surface area contributed by atoms with Crippen LogP contribution in [0.15, 0.2) is 18.2 Å². The molecule has 82 valence electrons. The average molecular weight is 205 g/mol. The highest BCUT2D eigenvalue weighted by Crippen LogP contribution is 2.35. The molecule has 0 saturated carbocycles. The lowest BCUT2D eigenvalue weighted by Gasteiger charge is -2.17. The van der Waals surface area contributed by atoms with Gasteiger partial charge >= 0.3 is 0 Å². The van der Waals surface area contributed by atoms with Crippen LogP contribution in [-0.2, 0) is 12.8 Å². The van der Waals surface area contributed by atoms with Crippen LogP contribution in [0.4, 0.5) is 0 Å². The summed E-state index contributed by atoms with van der Waals surface area (Å²) in [6.07, 6.45) is 1.91. The minimum absolute atomic E-state index is 0.0463. The van der Waals surface area contributed by atoms with E-state index in [0.29, 0.717) is 0 Å². The molecule has 2 heteroatoms. The topological polar surface area (TPSA) is 35.2 Å². The number of rotatable bonds is 2. The van der Waals surface area contributed by atoms with Gasteiger partial charge in [-0.05, 0) is 44.4 Å². The van der Waals surface area contributed by atoms with Crippen molar-refractivity contribution in [1.29, 1.82) is 0 Å². The van der Waals surface area contributed by atoms with Gasteiger partial charge in [0, 0.05) is 12.5 Å². The monoisotopic (exact) mass is 205 g/mol. The second-order valence-corrected chi connectivity index (χ2v) is 5.16. The van der Waals surface area contributed by atoms with Crippen molar-refractivity contribution in [3.8, 4) is 5.75 Å². The molecule has 1 aromatic rings. The van der Waals surface area contributed by atoms with Crippen molar-refractivity contribution in [3.63, 3.8) is 0 Å². The molecule has 1 unspecified atom stereocenters. The van der Waals surface area contributed by atoms with E-state index in [9.17, 15) is 0 Å². The zero-order chi connectivity index (χ0) is 11.1. The van der Waals surface area contributed by atoms with E-state index in [2.05, 4.69) is 32.0 Å². The Balaban J connectivity index is 2.23. The lowest BCUT2D eigenvalue weighted by molar-refractivity contribution is 0.138. The zero-order valence-electron chi connectivity index (χ0n) is 9.71. The smallest absolute Gasteiger partial charge is 0.123 e. The Morgan fingerprint density at radius 3 is 2.87 bits per heavy atom. The number of benzene rings is 1. The molecule has 1 aliphatic heterocycles. The van der Waals surface area contributed by atoms with E-state index in [0.717, 1.165) is 18.6 Å². The Kier molecular flexibility index (Phi) is 2.47. The summed E-state index contributed by atoms with van der Waals surface area (Å²) in [7, 11) is 0. The third kappa shape index (κ3) is 2.32. The first-order valence-corrected chi connectivity index (χ1v) is 5.53. The second kappa shape index (κ2) is 3.53. The van der Waals surface area contributed by atoms with E-state index in [1.165, 1.54) is 11.1 Å². The average Bonchev–Trinajstić information content (AvgIpc) is 2.36. The lowest BCUT2D eigenvalue weighted by Crippen LogP contribution is -2.24. The van der Waals surface area contributed by atoms with Crippen LogP contribution in [0.3, 0.4) is 0 Å². The van der Waals surface area contributed by atoms with Crippen molar-refractivity contribution in [2.45, 2.75) is 45.3 Å². The van der Waals surface area contributed by atoms with Gasteiger partial charge in [0.1, 0.15) is 11.4 Å². The summed E-state index contributed by atoms with van der Waals surface area (Å²) < 4.78 is 5.88. The van der Waals surface area contributed by atoms with Gasteiger partial charge in [0.15, 0.2) is 0 Å². The van der Waals surface area contributed by atoms with Crippen molar-refractivity contribution in [3.05, 3.63) is 29.3 Å². The standard InChI is InChI=1S/C13H19NO/c1-9(14)6-10-4-5-11-8-13(2,3)15-12(11)7-10/h4-5,7,9H,6,8,14H2,1-3H3. The lowest BCUT2D eigenvalue weighted by atomic mass is 9.99. The number of fused-ring (bicyclic) bond motifs is 1. The Hall–Kier alpha value is -1.02. The highest BCUT2D eigenvalue weighted by atomic mass is 16.5. The van der Waals surface area contributed by atoms with E-state index >= 15 is 0 Å². The summed E-state index contributed by atoms with van der Waals surface area (Å²) in [5.41, 5.74) is 8.31. The van der Waals surface area contributed by atoms with Gasteiger partial charge in [0.05, 0.1) is 0 Å². The third-order valence-corrected chi connectivity index (χ3v) is 2.69. The maximum atomic E-state index is 5.88. The number of hydrogen-bond donors (Lipinski definition) is 1. The van der Waals surface area contributed by atoms with Gasteiger partial charge in [-0.2, -0.15) is 0 Å². The van der Waals surface area contributed by atoms with Crippen LogP contribution in [0.5, 0.6) is 5.75 Å². The van der Waals surface area contributed by atoms with Crippen LogP contribution >= 0.6 is 0 Å². The van der Waals surface area contributed by atoms with Gasteiger partial charge in [-0.1, -0.05) is 12.1 Å². The zero-order valence-corrected chi connectivity index (χ0v) is 9.71. The molecule has 15 heavy (non-hydrogen) atoms. The number of hydrogen-bond acceptors (Lipinski definition) is 2. The quantitative estimate of drug-likeness (QED) is 0.804. The summed E-state index contributed by atoms with van der Waals surface area (Å²) in [5.74, 6) is 1.04. The summed E-state index contributed by atoms with van der Waals surface area (Å²) in [6.45, 7) is 6.27. The molecule has 0 spiro atoms. The summed E-state index contributed by atoms with van der Waals surface area (Å²) in [5, 5.41) is 0. The Bertz CT molecular complexity index is 369. The van der Waals surface area contributed by atoms with Crippen LogP contribution in [0, 0.1) is 0 Å². The summed E-state index contributed by atoms with van der Waals surface area (Å²) >= 11 is 0. The molecule has 0 radical (unpaired) electrons. The first-order valence-electron chi connectivity index (χ1n) is 5.53. The molecule has 1 heterocycles. The van der Waals surface area contributed by atoms with Gasteiger partial charge in [0.25, 0.3) is 0 Å². The molecule has 2 nitrogen and oxygen atoms in total. The molecule has 1 aliphatic rings. The van der Waals surface area contributed by atoms with E-state index in [4.69, 9.17) is 10.5 Å². The third-order valence-electron chi connectivity index (χ3n) is 2.69. The van der Waals surface area contributed by atoms with Crippen LogP contribution < -0.4 is 10.5 Å². The van der Waals surface area contributed by atoms with Crippen molar-refractivity contribution < 1.29 is 4.74 Å². The molecular weight excluding hydrogens is 186 g/mol. The van der Waals surface area contributed by atoms with E-state index in [1.807, 2.05) is 6.92 Å². The predicted octanol–water partition coefficient (Wildman–Crippen LogP) is 2.29. The van der Waals surface area contributed by atoms with Gasteiger partial charge in [0.2, 0.25) is 0 Å². The highest BCUT2D eigenvalue weighted by Gasteiger charge is 2.29. The van der Waals surface area contributed by atoms with Gasteiger partial charge < -0.3 is 10.5 Å². The highest BCUT2D eigenvalue weighted by molar-refractivity contribution is 5.42. The molecule has 0 aromatic heterocycles. The number of ether oxygens (including phenoxy) is 1. The minimum atomic E-state index is -0.0463. The molecule has 1 aromatic carbocycles. The Labute approximate surface area is 91.4 Å². The van der Waals surface area contributed by atoms with E-state index in [-0.39, 0.29) is 11.6 Å². The molecule has 0 aliphatic carbocycles. The maximum Gasteiger partial charge on any atom is 0.123 e. The fourth-order valence-electron chi connectivity index (χ4n) is 2.13. The fraction of sp³-hybridized carbons (Fsp3) is 0.538. The van der Waals surface area contributed by atoms with Gasteiger partial charge in [-0.25, -0.2) is 0 Å². The Morgan fingerprint density at radius 2 is 2.20 bits per heavy atom. The molecule has 0 saturated heterocycles. The largest absolute Gasteiger partial charge is 0.487 e. The first kappa shape index (κ1) is 10.5. The molecule has 2 N–H and O–H groups in total. The second-order valence-electron chi connectivity index (χ2n) is 5.16. The van der Waals surface area contributed by atoms with Crippen molar-refractivity contribution in [2.75, 3.05) is 0 Å². The first-order chi connectivity index (χ1) is 6.96.